The molecule has 0 N–H and O–H groups in total. The molecular weight excluding hydrogens is 412 g/mol. The van der Waals surface area contributed by atoms with Gasteiger partial charge in [-0.15, -0.1) is 0 Å². The molecule has 0 spiro atoms. The van der Waals surface area contributed by atoms with Gasteiger partial charge in [-0.3, -0.25) is 9.69 Å². The van der Waals surface area contributed by atoms with Gasteiger partial charge in [-0.1, -0.05) is 66.2 Å². The summed E-state index contributed by atoms with van der Waals surface area (Å²) in [7, 11) is 0. The number of amides is 1. The van der Waals surface area contributed by atoms with Crippen LogP contribution >= 0.6 is 0 Å². The molecule has 1 saturated heterocycles. The lowest BCUT2D eigenvalue weighted by molar-refractivity contribution is 0.0594. The van der Waals surface area contributed by atoms with Crippen molar-refractivity contribution < 1.29 is 13.9 Å². The standard InChI is InChI=1S/C28H28N2O3/c1-21-9-11-22(12-10-21)19-29-15-17-30(18-16-29)28(31)27-14-13-24(33-27)20-32-26-8-4-6-23-5-2-3-7-25(23)26/h2-14H,15-20H2,1H3. The van der Waals surface area contributed by atoms with Gasteiger partial charge in [0.25, 0.3) is 5.91 Å². The molecule has 4 aromatic rings. The minimum absolute atomic E-state index is 0.0543. The SMILES string of the molecule is Cc1ccc(CN2CCN(C(=O)c3ccc(COc4cccc5ccccc45)o3)CC2)cc1. The molecule has 0 saturated carbocycles. The van der Waals surface area contributed by atoms with Crippen molar-refractivity contribution in [2.24, 2.45) is 0 Å². The van der Waals surface area contributed by atoms with Crippen LogP contribution in [-0.2, 0) is 13.2 Å². The summed E-state index contributed by atoms with van der Waals surface area (Å²) < 4.78 is 11.8. The minimum Gasteiger partial charge on any atom is -0.485 e. The van der Waals surface area contributed by atoms with Gasteiger partial charge in [0.05, 0.1) is 0 Å². The Balaban J connectivity index is 1.15. The van der Waals surface area contributed by atoms with Crippen molar-refractivity contribution in [1.29, 1.82) is 0 Å². The van der Waals surface area contributed by atoms with Gasteiger partial charge < -0.3 is 14.1 Å². The third kappa shape index (κ3) is 4.94. The molecule has 1 aromatic heterocycles. The lowest BCUT2D eigenvalue weighted by atomic mass is 10.1. The number of nitrogens with zero attached hydrogens (tertiary/aromatic N) is 2. The van der Waals surface area contributed by atoms with Gasteiger partial charge in [0, 0.05) is 38.1 Å². The lowest BCUT2D eigenvalue weighted by Gasteiger charge is -2.34. The molecule has 1 fully saturated rings. The molecule has 0 atom stereocenters. The first kappa shape index (κ1) is 21.3. The summed E-state index contributed by atoms with van der Waals surface area (Å²) >= 11 is 0. The molecule has 0 bridgehead atoms. The molecule has 5 rings (SSSR count). The third-order valence-corrected chi connectivity index (χ3v) is 6.18. The fraction of sp³-hybridized carbons (Fsp3) is 0.250. The maximum absolute atomic E-state index is 12.9. The van der Waals surface area contributed by atoms with Crippen LogP contribution in [-0.4, -0.2) is 41.9 Å². The van der Waals surface area contributed by atoms with E-state index in [9.17, 15) is 4.79 Å². The van der Waals surface area contributed by atoms with E-state index in [1.165, 1.54) is 11.1 Å². The van der Waals surface area contributed by atoms with Crippen molar-refractivity contribution in [3.8, 4) is 5.75 Å². The number of benzene rings is 3. The van der Waals surface area contributed by atoms with Crippen LogP contribution in [0, 0.1) is 6.92 Å². The molecule has 5 nitrogen and oxygen atoms in total. The van der Waals surface area contributed by atoms with E-state index in [1.807, 2.05) is 41.3 Å². The van der Waals surface area contributed by atoms with Crippen LogP contribution in [0.15, 0.2) is 83.3 Å². The average Bonchev–Trinajstić information content (AvgIpc) is 3.33. The van der Waals surface area contributed by atoms with Gasteiger partial charge in [0.2, 0.25) is 0 Å². The summed E-state index contributed by atoms with van der Waals surface area (Å²) in [5.74, 6) is 1.77. The first-order chi connectivity index (χ1) is 16.2. The van der Waals surface area contributed by atoms with Crippen molar-refractivity contribution in [2.45, 2.75) is 20.1 Å². The van der Waals surface area contributed by atoms with Gasteiger partial charge in [-0.2, -0.15) is 0 Å². The van der Waals surface area contributed by atoms with Crippen molar-refractivity contribution in [2.75, 3.05) is 26.2 Å². The van der Waals surface area contributed by atoms with Gasteiger partial charge in [-0.05, 0) is 36.1 Å². The van der Waals surface area contributed by atoms with Crippen molar-refractivity contribution >= 4 is 16.7 Å². The first-order valence-electron chi connectivity index (χ1n) is 11.4. The molecule has 3 aromatic carbocycles. The van der Waals surface area contributed by atoms with E-state index in [4.69, 9.17) is 9.15 Å². The Morgan fingerprint density at radius 2 is 1.64 bits per heavy atom. The summed E-state index contributed by atoms with van der Waals surface area (Å²) in [4.78, 5) is 17.2. The van der Waals surface area contributed by atoms with Crippen molar-refractivity contribution in [3.63, 3.8) is 0 Å². The Morgan fingerprint density at radius 3 is 2.45 bits per heavy atom. The molecule has 0 radical (unpaired) electrons. The van der Waals surface area contributed by atoms with E-state index in [-0.39, 0.29) is 12.5 Å². The Morgan fingerprint density at radius 1 is 0.879 bits per heavy atom. The highest BCUT2D eigenvalue weighted by atomic mass is 16.5. The fourth-order valence-corrected chi connectivity index (χ4v) is 4.26. The summed E-state index contributed by atoms with van der Waals surface area (Å²) in [6, 6.07) is 26.3. The summed E-state index contributed by atoms with van der Waals surface area (Å²) in [5.41, 5.74) is 2.58. The number of rotatable bonds is 6. The molecule has 5 heteroatoms. The van der Waals surface area contributed by atoms with Crippen molar-refractivity contribution in [1.82, 2.24) is 9.80 Å². The maximum Gasteiger partial charge on any atom is 0.289 e. The van der Waals surface area contributed by atoms with Crippen LogP contribution in [0.4, 0.5) is 0 Å². The van der Waals surface area contributed by atoms with Gasteiger partial charge >= 0.3 is 0 Å². The monoisotopic (exact) mass is 440 g/mol. The molecule has 1 amide bonds. The topological polar surface area (TPSA) is 45.9 Å². The second-order valence-electron chi connectivity index (χ2n) is 8.59. The lowest BCUT2D eigenvalue weighted by Crippen LogP contribution is -2.48. The first-order valence-corrected chi connectivity index (χ1v) is 11.4. The number of hydrogen-bond acceptors (Lipinski definition) is 4. The number of aryl methyl sites for hydroxylation is 1. The number of hydrogen-bond donors (Lipinski definition) is 0. The fourth-order valence-electron chi connectivity index (χ4n) is 4.26. The zero-order valence-corrected chi connectivity index (χ0v) is 18.9. The van der Waals surface area contributed by atoms with E-state index in [2.05, 4.69) is 48.2 Å². The van der Waals surface area contributed by atoms with Crippen LogP contribution in [0.2, 0.25) is 0 Å². The normalized spacial score (nSPS) is 14.5. The molecule has 168 valence electrons. The zero-order chi connectivity index (χ0) is 22.6. The van der Waals surface area contributed by atoms with E-state index < -0.39 is 0 Å². The quantitative estimate of drug-likeness (QED) is 0.409. The highest BCUT2D eigenvalue weighted by molar-refractivity contribution is 5.91. The zero-order valence-electron chi connectivity index (χ0n) is 18.9. The molecule has 1 aliphatic heterocycles. The van der Waals surface area contributed by atoms with Gasteiger partial charge in [0.15, 0.2) is 5.76 Å². The molecule has 1 aliphatic rings. The minimum atomic E-state index is -0.0543. The Labute approximate surface area is 194 Å². The van der Waals surface area contributed by atoms with E-state index in [1.54, 1.807) is 6.07 Å². The second kappa shape index (κ2) is 9.51. The van der Waals surface area contributed by atoms with Crippen LogP contribution in [0.5, 0.6) is 5.75 Å². The van der Waals surface area contributed by atoms with Gasteiger partial charge in [-0.25, -0.2) is 0 Å². The summed E-state index contributed by atoms with van der Waals surface area (Å²) in [6.07, 6.45) is 0. The maximum atomic E-state index is 12.9. The van der Waals surface area contributed by atoms with E-state index >= 15 is 0 Å². The van der Waals surface area contributed by atoms with E-state index in [0.717, 1.165) is 36.2 Å². The largest absolute Gasteiger partial charge is 0.485 e. The number of ether oxygens (including phenoxy) is 1. The highest BCUT2D eigenvalue weighted by Gasteiger charge is 2.24. The Kier molecular flexibility index (Phi) is 6.13. The molecular formula is C28H28N2O3. The predicted octanol–water partition coefficient (Wildman–Crippen LogP) is 5.28. The smallest absolute Gasteiger partial charge is 0.289 e. The summed E-state index contributed by atoms with van der Waals surface area (Å²) in [6.45, 7) is 6.42. The number of furan rings is 1. The van der Waals surface area contributed by atoms with E-state index in [0.29, 0.717) is 24.6 Å². The molecule has 0 aliphatic carbocycles. The van der Waals surface area contributed by atoms with Crippen LogP contribution in [0.1, 0.15) is 27.4 Å². The Bertz CT molecular complexity index is 1230. The predicted molar refractivity (Wildman–Crippen MR) is 129 cm³/mol. The van der Waals surface area contributed by atoms with Crippen LogP contribution < -0.4 is 4.74 Å². The molecule has 2 heterocycles. The highest BCUT2D eigenvalue weighted by Crippen LogP contribution is 2.26. The molecule has 33 heavy (non-hydrogen) atoms. The van der Waals surface area contributed by atoms with Crippen molar-refractivity contribution in [3.05, 3.63) is 102 Å². The van der Waals surface area contributed by atoms with Crippen LogP contribution in [0.3, 0.4) is 0 Å². The average molecular weight is 441 g/mol. The Hall–Kier alpha value is -3.57. The number of piperazine rings is 1. The summed E-state index contributed by atoms with van der Waals surface area (Å²) in [5, 5.41) is 2.19. The van der Waals surface area contributed by atoms with Crippen LogP contribution in [0.25, 0.3) is 10.8 Å². The van der Waals surface area contributed by atoms with Gasteiger partial charge in [0.1, 0.15) is 18.1 Å². The number of carbonyl (C=O) groups is 1. The third-order valence-electron chi connectivity index (χ3n) is 6.18. The number of carbonyl (C=O) groups excluding carboxylic acids is 1. The molecule has 0 unspecified atom stereocenters. The second-order valence-corrected chi connectivity index (χ2v) is 8.59. The number of fused-ring (bicyclic) bond motifs is 1.